The molecule has 1 aliphatic heterocycles. The van der Waals surface area contributed by atoms with Gasteiger partial charge in [-0.05, 0) is 25.3 Å². The highest BCUT2D eigenvalue weighted by Gasteiger charge is 2.58. The van der Waals surface area contributed by atoms with Gasteiger partial charge in [0.15, 0.2) is 5.60 Å². The number of nitrogens with zero attached hydrogens (tertiary/aromatic N) is 1. The first kappa shape index (κ1) is 14.6. The zero-order valence-corrected chi connectivity index (χ0v) is 10.6. The predicted octanol–water partition coefficient (Wildman–Crippen LogP) is 0.887. The SMILES string of the molecule is NC[C@H]1CCC[C@H]1C(=O)N1CCC(O)(C(F)(F)F)C1. The lowest BCUT2D eigenvalue weighted by molar-refractivity contribution is -0.253. The van der Waals surface area contributed by atoms with Crippen molar-refractivity contribution in [3.05, 3.63) is 0 Å². The van der Waals surface area contributed by atoms with Gasteiger partial charge in [-0.1, -0.05) is 6.42 Å². The van der Waals surface area contributed by atoms with E-state index < -0.39 is 24.7 Å². The summed E-state index contributed by atoms with van der Waals surface area (Å²) in [4.78, 5) is 13.4. The minimum atomic E-state index is -4.69. The second-order valence-corrected chi connectivity index (χ2v) is 5.57. The minimum Gasteiger partial charge on any atom is -0.379 e. The monoisotopic (exact) mass is 280 g/mol. The van der Waals surface area contributed by atoms with E-state index in [0.29, 0.717) is 13.0 Å². The van der Waals surface area contributed by atoms with Gasteiger partial charge in [0.1, 0.15) is 0 Å². The Labute approximate surface area is 109 Å². The van der Waals surface area contributed by atoms with Crippen LogP contribution in [0.3, 0.4) is 0 Å². The van der Waals surface area contributed by atoms with Crippen LogP contribution in [0.2, 0.25) is 0 Å². The van der Waals surface area contributed by atoms with Crippen LogP contribution in [-0.2, 0) is 4.79 Å². The van der Waals surface area contributed by atoms with Gasteiger partial charge in [-0.25, -0.2) is 0 Å². The first-order valence-electron chi connectivity index (χ1n) is 6.56. The Morgan fingerprint density at radius 1 is 1.42 bits per heavy atom. The van der Waals surface area contributed by atoms with Gasteiger partial charge in [-0.3, -0.25) is 4.79 Å². The molecule has 3 N–H and O–H groups in total. The molecular weight excluding hydrogens is 261 g/mol. The molecule has 0 spiro atoms. The molecule has 19 heavy (non-hydrogen) atoms. The molecule has 4 nitrogen and oxygen atoms in total. The van der Waals surface area contributed by atoms with Gasteiger partial charge < -0.3 is 15.7 Å². The van der Waals surface area contributed by atoms with Crippen LogP contribution < -0.4 is 5.73 Å². The van der Waals surface area contributed by atoms with Crippen molar-refractivity contribution in [1.29, 1.82) is 0 Å². The number of rotatable bonds is 2. The third kappa shape index (κ3) is 2.58. The van der Waals surface area contributed by atoms with E-state index in [1.165, 1.54) is 0 Å². The van der Waals surface area contributed by atoms with E-state index in [4.69, 9.17) is 5.73 Å². The second kappa shape index (κ2) is 4.94. The lowest BCUT2D eigenvalue weighted by atomic mass is 9.95. The summed E-state index contributed by atoms with van der Waals surface area (Å²) in [6.45, 7) is -0.306. The average Bonchev–Trinajstić information content (AvgIpc) is 2.93. The zero-order chi connectivity index (χ0) is 14.3. The molecule has 2 fully saturated rings. The molecule has 1 saturated carbocycles. The number of carbonyl (C=O) groups is 1. The quantitative estimate of drug-likeness (QED) is 0.789. The predicted molar refractivity (Wildman–Crippen MR) is 62.1 cm³/mol. The highest BCUT2D eigenvalue weighted by Crippen LogP contribution is 2.39. The Hall–Kier alpha value is -0.820. The molecule has 1 amide bonds. The normalized spacial score (nSPS) is 35.9. The molecule has 0 aromatic rings. The number of aliphatic hydroxyl groups is 1. The highest BCUT2D eigenvalue weighted by atomic mass is 19.4. The van der Waals surface area contributed by atoms with E-state index in [9.17, 15) is 23.1 Å². The average molecular weight is 280 g/mol. The fraction of sp³-hybridized carbons (Fsp3) is 0.917. The van der Waals surface area contributed by atoms with Gasteiger partial charge in [-0.2, -0.15) is 13.2 Å². The van der Waals surface area contributed by atoms with Crippen molar-refractivity contribution < 1.29 is 23.1 Å². The summed E-state index contributed by atoms with van der Waals surface area (Å²) in [6, 6.07) is 0. The molecule has 0 radical (unpaired) electrons. The summed E-state index contributed by atoms with van der Waals surface area (Å²) >= 11 is 0. The molecular formula is C12H19F3N2O2. The fourth-order valence-electron chi connectivity index (χ4n) is 3.09. The van der Waals surface area contributed by atoms with Crippen molar-refractivity contribution >= 4 is 5.91 Å². The van der Waals surface area contributed by atoms with E-state index in [-0.39, 0.29) is 24.3 Å². The molecule has 110 valence electrons. The van der Waals surface area contributed by atoms with Crippen LogP contribution in [-0.4, -0.2) is 47.3 Å². The first-order chi connectivity index (χ1) is 8.78. The summed E-state index contributed by atoms with van der Waals surface area (Å²) in [5.41, 5.74) is 2.83. The summed E-state index contributed by atoms with van der Waals surface area (Å²) in [5, 5.41) is 9.57. The molecule has 0 aromatic carbocycles. The molecule has 1 heterocycles. The number of hydrogen-bond acceptors (Lipinski definition) is 3. The first-order valence-corrected chi connectivity index (χ1v) is 6.56. The van der Waals surface area contributed by atoms with Gasteiger partial charge in [0.2, 0.25) is 5.91 Å². The number of β-amino-alcohol motifs (C(OH)–C–C–N with tert-alkyl or cyclic N) is 1. The van der Waals surface area contributed by atoms with E-state index >= 15 is 0 Å². The van der Waals surface area contributed by atoms with Crippen LogP contribution in [0.25, 0.3) is 0 Å². The lowest BCUT2D eigenvalue weighted by Crippen LogP contribution is -2.49. The van der Waals surface area contributed by atoms with Gasteiger partial charge >= 0.3 is 6.18 Å². The summed E-state index contributed by atoms with van der Waals surface area (Å²) in [7, 11) is 0. The summed E-state index contributed by atoms with van der Waals surface area (Å²) in [5.74, 6) is -0.499. The van der Waals surface area contributed by atoms with Crippen LogP contribution in [0, 0.1) is 11.8 Å². The second-order valence-electron chi connectivity index (χ2n) is 5.57. The molecule has 2 rings (SSSR count). The van der Waals surface area contributed by atoms with Crippen LogP contribution in [0.1, 0.15) is 25.7 Å². The third-order valence-electron chi connectivity index (χ3n) is 4.37. The highest BCUT2D eigenvalue weighted by molar-refractivity contribution is 5.80. The van der Waals surface area contributed by atoms with Crippen molar-refractivity contribution in [3.63, 3.8) is 0 Å². The number of amides is 1. The lowest BCUT2D eigenvalue weighted by Gasteiger charge is -2.28. The summed E-state index contributed by atoms with van der Waals surface area (Å²) in [6.07, 6.45) is -2.71. The molecule has 0 bridgehead atoms. The maximum atomic E-state index is 12.7. The number of nitrogens with two attached hydrogens (primary N) is 1. The molecule has 7 heteroatoms. The van der Waals surface area contributed by atoms with Gasteiger partial charge in [0.25, 0.3) is 0 Å². The van der Waals surface area contributed by atoms with Gasteiger partial charge in [-0.15, -0.1) is 0 Å². The maximum absolute atomic E-state index is 12.7. The molecule has 3 atom stereocenters. The standard InChI is InChI=1S/C12H19F3N2O2/c13-12(14,15)11(19)4-5-17(7-11)10(18)9-3-1-2-8(9)6-16/h8-9,19H,1-7,16H2/t8-,9-,11?/m1/s1. The Kier molecular flexibility index (Phi) is 3.79. The number of likely N-dealkylation sites (tertiary alicyclic amines) is 1. The number of alkyl halides is 3. The molecule has 0 aromatic heterocycles. The number of halogens is 3. The Bertz CT molecular complexity index is 361. The van der Waals surface area contributed by atoms with Crippen LogP contribution in [0.4, 0.5) is 13.2 Å². The molecule has 1 aliphatic carbocycles. The summed E-state index contributed by atoms with van der Waals surface area (Å²) < 4.78 is 38.1. The van der Waals surface area contributed by atoms with E-state index in [2.05, 4.69) is 0 Å². The number of carbonyl (C=O) groups excluding carboxylic acids is 1. The van der Waals surface area contributed by atoms with Crippen molar-refractivity contribution in [2.75, 3.05) is 19.6 Å². The molecule has 1 saturated heterocycles. The maximum Gasteiger partial charge on any atom is 0.419 e. The minimum absolute atomic E-state index is 0.0391. The smallest absolute Gasteiger partial charge is 0.379 e. The topological polar surface area (TPSA) is 66.6 Å². The van der Waals surface area contributed by atoms with Crippen molar-refractivity contribution in [2.45, 2.75) is 37.5 Å². The van der Waals surface area contributed by atoms with E-state index in [1.54, 1.807) is 0 Å². The molecule has 1 unspecified atom stereocenters. The Balaban J connectivity index is 2.03. The Morgan fingerprint density at radius 2 is 2.11 bits per heavy atom. The van der Waals surface area contributed by atoms with Crippen molar-refractivity contribution in [1.82, 2.24) is 4.90 Å². The zero-order valence-electron chi connectivity index (χ0n) is 10.6. The third-order valence-corrected chi connectivity index (χ3v) is 4.37. The van der Waals surface area contributed by atoms with Crippen molar-refractivity contribution in [3.8, 4) is 0 Å². The largest absolute Gasteiger partial charge is 0.419 e. The van der Waals surface area contributed by atoms with Crippen molar-refractivity contribution in [2.24, 2.45) is 17.6 Å². The number of hydrogen-bond donors (Lipinski definition) is 2. The van der Waals surface area contributed by atoms with Crippen LogP contribution in [0.15, 0.2) is 0 Å². The van der Waals surface area contributed by atoms with Crippen LogP contribution >= 0.6 is 0 Å². The van der Waals surface area contributed by atoms with Crippen LogP contribution in [0.5, 0.6) is 0 Å². The van der Waals surface area contributed by atoms with Gasteiger partial charge in [0.05, 0.1) is 6.54 Å². The van der Waals surface area contributed by atoms with Gasteiger partial charge in [0, 0.05) is 18.9 Å². The fourth-order valence-corrected chi connectivity index (χ4v) is 3.09. The molecule has 2 aliphatic rings. The van der Waals surface area contributed by atoms with E-state index in [1.807, 2.05) is 0 Å². The Morgan fingerprint density at radius 3 is 2.63 bits per heavy atom. The van der Waals surface area contributed by atoms with E-state index in [0.717, 1.165) is 17.7 Å².